The molecule has 0 bridgehead atoms. The summed E-state index contributed by atoms with van der Waals surface area (Å²) >= 11 is 0. The summed E-state index contributed by atoms with van der Waals surface area (Å²) in [6, 6.07) is 7.45. The van der Waals surface area contributed by atoms with E-state index in [1.54, 1.807) is 7.11 Å². The van der Waals surface area contributed by atoms with Crippen molar-refractivity contribution in [3.8, 4) is 5.75 Å². The third-order valence-corrected chi connectivity index (χ3v) is 2.75. The lowest BCUT2D eigenvalue weighted by Crippen LogP contribution is -2.36. The fraction of sp³-hybridized carbons (Fsp3) is 0.308. The molecule has 1 aliphatic heterocycles. The van der Waals surface area contributed by atoms with E-state index < -0.39 is 0 Å². The van der Waals surface area contributed by atoms with E-state index in [4.69, 9.17) is 4.74 Å². The summed E-state index contributed by atoms with van der Waals surface area (Å²) in [6.07, 6.45) is 0.668. The number of nitrogens with one attached hydrogen (secondary N) is 2. The average molecular weight is 261 g/mol. The van der Waals surface area contributed by atoms with Crippen LogP contribution in [0.2, 0.25) is 0 Å². The number of ether oxygens (including phenoxy) is 1. The highest BCUT2D eigenvalue weighted by Crippen LogP contribution is 2.12. The van der Waals surface area contributed by atoms with Crippen molar-refractivity contribution in [2.24, 2.45) is 5.10 Å². The summed E-state index contributed by atoms with van der Waals surface area (Å²) in [6.45, 7) is 0.392. The molecule has 2 amide bonds. The number of amides is 2. The van der Waals surface area contributed by atoms with E-state index in [0.717, 1.165) is 11.3 Å². The Bertz CT molecular complexity index is 526. The minimum Gasteiger partial charge on any atom is -0.497 e. The van der Waals surface area contributed by atoms with E-state index in [1.165, 1.54) is 0 Å². The summed E-state index contributed by atoms with van der Waals surface area (Å²) in [5.41, 5.74) is 3.59. The zero-order valence-electron chi connectivity index (χ0n) is 10.6. The molecule has 0 unspecified atom stereocenters. The molecule has 0 atom stereocenters. The van der Waals surface area contributed by atoms with Gasteiger partial charge in [0.1, 0.15) is 11.5 Å². The van der Waals surface area contributed by atoms with Crippen molar-refractivity contribution < 1.29 is 14.3 Å². The molecule has 19 heavy (non-hydrogen) atoms. The second-order valence-electron chi connectivity index (χ2n) is 4.13. The first kappa shape index (κ1) is 13.1. The first-order valence-corrected chi connectivity index (χ1v) is 5.95. The number of hydrogen-bond donors (Lipinski definition) is 2. The van der Waals surface area contributed by atoms with Gasteiger partial charge in [0.2, 0.25) is 5.91 Å². The number of carbonyl (C=O) groups excluding carboxylic acids is 2. The van der Waals surface area contributed by atoms with Crippen molar-refractivity contribution in [3.05, 3.63) is 29.8 Å². The molecule has 0 radical (unpaired) electrons. The third-order valence-electron chi connectivity index (χ3n) is 2.75. The Labute approximate surface area is 110 Å². The molecule has 0 fully saturated rings. The molecule has 2 N–H and O–H groups in total. The Kier molecular flexibility index (Phi) is 4.12. The number of nitrogens with zero attached hydrogens (tertiary/aromatic N) is 1. The SMILES string of the molecule is COc1cccc(CNC(=O)C2=NNC(=O)CC2)c1. The van der Waals surface area contributed by atoms with Crippen LogP contribution in [0.4, 0.5) is 0 Å². The van der Waals surface area contributed by atoms with E-state index in [1.807, 2.05) is 24.3 Å². The summed E-state index contributed by atoms with van der Waals surface area (Å²) in [7, 11) is 1.59. The van der Waals surface area contributed by atoms with Crippen LogP contribution in [-0.4, -0.2) is 24.6 Å². The van der Waals surface area contributed by atoms with Gasteiger partial charge >= 0.3 is 0 Å². The molecule has 1 aliphatic rings. The van der Waals surface area contributed by atoms with E-state index >= 15 is 0 Å². The molecule has 1 heterocycles. The van der Waals surface area contributed by atoms with Crippen molar-refractivity contribution in [1.82, 2.24) is 10.7 Å². The van der Waals surface area contributed by atoms with E-state index in [9.17, 15) is 9.59 Å². The number of hydrogen-bond acceptors (Lipinski definition) is 4. The monoisotopic (exact) mass is 261 g/mol. The van der Waals surface area contributed by atoms with Crippen LogP contribution in [0, 0.1) is 0 Å². The summed E-state index contributed by atoms with van der Waals surface area (Å²) in [5, 5.41) is 6.50. The van der Waals surface area contributed by atoms with Gasteiger partial charge in [-0.3, -0.25) is 9.59 Å². The zero-order chi connectivity index (χ0) is 13.7. The minimum atomic E-state index is -0.261. The lowest BCUT2D eigenvalue weighted by atomic mass is 10.1. The molecule has 1 aromatic rings. The largest absolute Gasteiger partial charge is 0.497 e. The molecule has 0 aliphatic carbocycles. The molecule has 0 spiro atoms. The number of benzene rings is 1. The van der Waals surface area contributed by atoms with Crippen LogP contribution in [0.1, 0.15) is 18.4 Å². The Morgan fingerprint density at radius 2 is 2.32 bits per heavy atom. The van der Waals surface area contributed by atoms with Crippen LogP contribution >= 0.6 is 0 Å². The van der Waals surface area contributed by atoms with Gasteiger partial charge in [-0.05, 0) is 17.7 Å². The van der Waals surface area contributed by atoms with Crippen LogP contribution in [0.15, 0.2) is 29.4 Å². The summed E-state index contributed by atoms with van der Waals surface area (Å²) in [4.78, 5) is 22.7. The van der Waals surface area contributed by atoms with Gasteiger partial charge in [0.15, 0.2) is 0 Å². The highest BCUT2D eigenvalue weighted by molar-refractivity contribution is 6.39. The lowest BCUT2D eigenvalue weighted by molar-refractivity contribution is -0.121. The van der Waals surface area contributed by atoms with Gasteiger partial charge in [-0.25, -0.2) is 5.43 Å². The highest BCUT2D eigenvalue weighted by Gasteiger charge is 2.17. The first-order valence-electron chi connectivity index (χ1n) is 5.95. The fourth-order valence-corrected chi connectivity index (χ4v) is 1.70. The standard InChI is InChI=1S/C13H15N3O3/c1-19-10-4-2-3-9(7-10)8-14-13(18)11-5-6-12(17)16-15-11/h2-4,7H,5-6,8H2,1H3,(H,14,18)(H,16,17). The van der Waals surface area contributed by atoms with Gasteiger partial charge in [0.25, 0.3) is 5.91 Å². The van der Waals surface area contributed by atoms with Crippen LogP contribution in [-0.2, 0) is 16.1 Å². The first-order chi connectivity index (χ1) is 9.19. The minimum absolute atomic E-state index is 0.163. The van der Waals surface area contributed by atoms with E-state index in [-0.39, 0.29) is 11.8 Å². The van der Waals surface area contributed by atoms with Gasteiger partial charge < -0.3 is 10.1 Å². The second kappa shape index (κ2) is 5.99. The number of rotatable bonds is 4. The van der Waals surface area contributed by atoms with Crippen LogP contribution < -0.4 is 15.5 Å². The van der Waals surface area contributed by atoms with Gasteiger partial charge in [-0.15, -0.1) is 0 Å². The zero-order valence-corrected chi connectivity index (χ0v) is 10.6. The van der Waals surface area contributed by atoms with Crippen LogP contribution in [0.3, 0.4) is 0 Å². The number of hydrazone groups is 1. The molecule has 6 nitrogen and oxygen atoms in total. The van der Waals surface area contributed by atoms with Gasteiger partial charge in [0, 0.05) is 19.4 Å². The Morgan fingerprint density at radius 3 is 3.00 bits per heavy atom. The van der Waals surface area contributed by atoms with Gasteiger partial charge in [-0.1, -0.05) is 12.1 Å². The molecular formula is C13H15N3O3. The Morgan fingerprint density at radius 1 is 1.47 bits per heavy atom. The average Bonchev–Trinajstić information content (AvgIpc) is 2.46. The second-order valence-corrected chi connectivity index (χ2v) is 4.13. The molecule has 0 saturated heterocycles. The topological polar surface area (TPSA) is 79.8 Å². The fourth-order valence-electron chi connectivity index (χ4n) is 1.70. The Hall–Kier alpha value is -2.37. The number of methoxy groups -OCH3 is 1. The van der Waals surface area contributed by atoms with Gasteiger partial charge in [0.05, 0.1) is 7.11 Å². The van der Waals surface area contributed by atoms with Crippen molar-refractivity contribution in [2.45, 2.75) is 19.4 Å². The van der Waals surface area contributed by atoms with Crippen LogP contribution in [0.5, 0.6) is 5.75 Å². The molecular weight excluding hydrogens is 246 g/mol. The van der Waals surface area contributed by atoms with E-state index in [2.05, 4.69) is 15.8 Å². The predicted octanol–water partition coefficient (Wildman–Crippen LogP) is 0.577. The van der Waals surface area contributed by atoms with Crippen molar-refractivity contribution in [1.29, 1.82) is 0 Å². The Balaban J connectivity index is 1.91. The lowest BCUT2D eigenvalue weighted by Gasteiger charge is -2.12. The molecule has 100 valence electrons. The van der Waals surface area contributed by atoms with Crippen LogP contribution in [0.25, 0.3) is 0 Å². The molecule has 0 aromatic heterocycles. The maximum absolute atomic E-state index is 11.8. The summed E-state index contributed by atoms with van der Waals surface area (Å²) in [5.74, 6) is 0.321. The maximum atomic E-state index is 11.8. The van der Waals surface area contributed by atoms with Crippen molar-refractivity contribution >= 4 is 17.5 Å². The quantitative estimate of drug-likeness (QED) is 0.832. The molecule has 2 rings (SSSR count). The number of carbonyl (C=O) groups is 2. The normalized spacial score (nSPS) is 14.4. The molecule has 1 aromatic carbocycles. The molecule has 6 heteroatoms. The predicted molar refractivity (Wildman–Crippen MR) is 69.7 cm³/mol. The third kappa shape index (κ3) is 3.54. The molecule has 0 saturated carbocycles. The maximum Gasteiger partial charge on any atom is 0.267 e. The van der Waals surface area contributed by atoms with Crippen molar-refractivity contribution in [3.63, 3.8) is 0 Å². The smallest absolute Gasteiger partial charge is 0.267 e. The van der Waals surface area contributed by atoms with Crippen molar-refractivity contribution in [2.75, 3.05) is 7.11 Å². The highest BCUT2D eigenvalue weighted by atomic mass is 16.5. The van der Waals surface area contributed by atoms with E-state index in [0.29, 0.717) is 25.1 Å². The summed E-state index contributed by atoms with van der Waals surface area (Å²) < 4.78 is 5.11. The van der Waals surface area contributed by atoms with Gasteiger partial charge in [-0.2, -0.15) is 5.10 Å².